The number of ether oxygens (including phenoxy) is 1. The second-order valence-electron chi connectivity index (χ2n) is 4.71. The van der Waals surface area contributed by atoms with E-state index in [1.54, 1.807) is 25.3 Å². The maximum atomic E-state index is 11.9. The van der Waals surface area contributed by atoms with Gasteiger partial charge < -0.3 is 4.74 Å². The maximum Gasteiger partial charge on any atom is 0.194 e. The second-order valence-corrected chi connectivity index (χ2v) is 6.64. The number of aryl methyl sites for hydroxylation is 1. The predicted octanol–water partition coefficient (Wildman–Crippen LogP) is 2.38. The van der Waals surface area contributed by atoms with Crippen LogP contribution in [0.4, 0.5) is 0 Å². The van der Waals surface area contributed by atoms with Gasteiger partial charge in [0.1, 0.15) is 5.75 Å². The largest absolute Gasteiger partial charge is 0.497 e. The van der Waals surface area contributed by atoms with E-state index < -0.39 is 9.84 Å². The predicted molar refractivity (Wildman–Crippen MR) is 77.8 cm³/mol. The third-order valence-electron chi connectivity index (χ3n) is 3.03. The third-order valence-corrected chi connectivity index (χ3v) is 4.05. The molecule has 1 aromatic heterocycles. The van der Waals surface area contributed by atoms with E-state index in [2.05, 4.69) is 16.9 Å². The SMILES string of the molecule is CCCCc1nc2ccc(OC)cc2nc1S(C)(=O)=O. The van der Waals surface area contributed by atoms with Gasteiger partial charge in [-0.1, -0.05) is 13.3 Å². The number of unbranched alkanes of at least 4 members (excludes halogenated alkanes) is 1. The molecule has 0 bridgehead atoms. The lowest BCUT2D eigenvalue weighted by molar-refractivity contribution is 0.415. The van der Waals surface area contributed by atoms with Crippen molar-refractivity contribution >= 4 is 20.9 Å². The number of benzene rings is 1. The minimum absolute atomic E-state index is 0.0757. The van der Waals surface area contributed by atoms with Crippen molar-refractivity contribution in [2.75, 3.05) is 13.4 Å². The lowest BCUT2D eigenvalue weighted by Crippen LogP contribution is -2.08. The Morgan fingerprint density at radius 2 is 1.95 bits per heavy atom. The first-order chi connectivity index (χ1) is 9.45. The van der Waals surface area contributed by atoms with Crippen molar-refractivity contribution in [1.82, 2.24) is 9.97 Å². The molecule has 20 heavy (non-hydrogen) atoms. The van der Waals surface area contributed by atoms with E-state index in [1.165, 1.54) is 6.26 Å². The van der Waals surface area contributed by atoms with E-state index in [1.807, 2.05) is 0 Å². The number of hydrogen-bond acceptors (Lipinski definition) is 5. The molecule has 2 rings (SSSR count). The monoisotopic (exact) mass is 294 g/mol. The number of rotatable bonds is 5. The molecule has 0 fully saturated rings. The summed E-state index contributed by atoms with van der Waals surface area (Å²) in [5.41, 5.74) is 1.77. The average Bonchev–Trinajstić information content (AvgIpc) is 2.42. The van der Waals surface area contributed by atoms with Crippen molar-refractivity contribution in [3.8, 4) is 5.75 Å². The van der Waals surface area contributed by atoms with Gasteiger partial charge in [0.05, 0.1) is 23.8 Å². The van der Waals surface area contributed by atoms with Gasteiger partial charge in [-0.15, -0.1) is 0 Å². The summed E-state index contributed by atoms with van der Waals surface area (Å²) in [5.74, 6) is 0.632. The number of nitrogens with zero attached hydrogens (tertiary/aromatic N) is 2. The molecule has 0 spiro atoms. The first kappa shape index (κ1) is 14.7. The molecule has 2 aromatic rings. The first-order valence-corrected chi connectivity index (χ1v) is 8.39. The highest BCUT2D eigenvalue weighted by molar-refractivity contribution is 7.90. The van der Waals surface area contributed by atoms with Crippen LogP contribution >= 0.6 is 0 Å². The Morgan fingerprint density at radius 1 is 1.20 bits per heavy atom. The highest BCUT2D eigenvalue weighted by Crippen LogP contribution is 2.22. The normalized spacial score (nSPS) is 11.8. The summed E-state index contributed by atoms with van der Waals surface area (Å²) >= 11 is 0. The molecule has 5 nitrogen and oxygen atoms in total. The zero-order valence-electron chi connectivity index (χ0n) is 11.9. The molecule has 6 heteroatoms. The minimum Gasteiger partial charge on any atom is -0.497 e. The standard InChI is InChI=1S/C14H18N2O3S/c1-4-5-6-12-14(20(3,17)18)16-13-9-10(19-2)7-8-11(13)15-12/h7-9H,4-6H2,1-3H3. The van der Waals surface area contributed by atoms with Crippen LogP contribution in [0, 0.1) is 0 Å². The third kappa shape index (κ3) is 3.07. The molecular weight excluding hydrogens is 276 g/mol. The van der Waals surface area contributed by atoms with Crippen LogP contribution < -0.4 is 4.74 Å². The molecule has 0 aliphatic heterocycles. The van der Waals surface area contributed by atoms with E-state index in [0.29, 0.717) is 28.9 Å². The number of aromatic nitrogens is 2. The van der Waals surface area contributed by atoms with Crippen molar-refractivity contribution in [1.29, 1.82) is 0 Å². The molecule has 0 amide bonds. The first-order valence-electron chi connectivity index (χ1n) is 6.50. The highest BCUT2D eigenvalue weighted by atomic mass is 32.2. The van der Waals surface area contributed by atoms with Gasteiger partial charge in [-0.05, 0) is 25.0 Å². The molecule has 0 saturated heterocycles. The summed E-state index contributed by atoms with van der Waals surface area (Å²) in [6.07, 6.45) is 3.65. The van der Waals surface area contributed by atoms with Crippen LogP contribution in [-0.2, 0) is 16.3 Å². The second kappa shape index (κ2) is 5.75. The Kier molecular flexibility index (Phi) is 4.23. The summed E-state index contributed by atoms with van der Waals surface area (Å²) in [6.45, 7) is 2.06. The summed E-state index contributed by atoms with van der Waals surface area (Å²) in [5, 5.41) is 0.0757. The van der Waals surface area contributed by atoms with E-state index >= 15 is 0 Å². The average molecular weight is 294 g/mol. The summed E-state index contributed by atoms with van der Waals surface area (Å²) < 4.78 is 28.9. The smallest absolute Gasteiger partial charge is 0.194 e. The molecule has 0 saturated carbocycles. The van der Waals surface area contributed by atoms with Crippen LogP contribution in [0.2, 0.25) is 0 Å². The van der Waals surface area contributed by atoms with E-state index in [4.69, 9.17) is 4.74 Å². The van der Waals surface area contributed by atoms with Gasteiger partial charge in [-0.3, -0.25) is 0 Å². The van der Waals surface area contributed by atoms with Crippen LogP contribution in [0.25, 0.3) is 11.0 Å². The molecular formula is C14H18N2O3S. The Hall–Kier alpha value is -1.69. The molecule has 1 heterocycles. The van der Waals surface area contributed by atoms with Crippen LogP contribution in [-0.4, -0.2) is 31.8 Å². The number of sulfone groups is 1. The van der Waals surface area contributed by atoms with Gasteiger partial charge in [0.15, 0.2) is 14.9 Å². The maximum absolute atomic E-state index is 11.9. The van der Waals surface area contributed by atoms with E-state index in [0.717, 1.165) is 12.8 Å². The van der Waals surface area contributed by atoms with E-state index in [-0.39, 0.29) is 5.03 Å². The van der Waals surface area contributed by atoms with Crippen LogP contribution in [0.1, 0.15) is 25.5 Å². The van der Waals surface area contributed by atoms with Gasteiger partial charge >= 0.3 is 0 Å². The highest BCUT2D eigenvalue weighted by Gasteiger charge is 2.18. The van der Waals surface area contributed by atoms with Gasteiger partial charge in [0.25, 0.3) is 0 Å². The number of fused-ring (bicyclic) bond motifs is 1. The van der Waals surface area contributed by atoms with Gasteiger partial charge in [-0.2, -0.15) is 0 Å². The molecule has 0 aliphatic rings. The van der Waals surface area contributed by atoms with Crippen LogP contribution in [0.5, 0.6) is 5.75 Å². The molecule has 108 valence electrons. The molecule has 0 atom stereocenters. The lowest BCUT2D eigenvalue weighted by Gasteiger charge is -2.09. The molecule has 0 aliphatic carbocycles. The number of hydrogen-bond donors (Lipinski definition) is 0. The van der Waals surface area contributed by atoms with Gasteiger partial charge in [0.2, 0.25) is 0 Å². The molecule has 1 aromatic carbocycles. The van der Waals surface area contributed by atoms with Crippen molar-refractivity contribution in [2.45, 2.75) is 31.2 Å². The van der Waals surface area contributed by atoms with Crippen LogP contribution in [0.15, 0.2) is 23.2 Å². The zero-order valence-corrected chi connectivity index (χ0v) is 12.7. The van der Waals surface area contributed by atoms with Gasteiger partial charge in [-0.25, -0.2) is 18.4 Å². The lowest BCUT2D eigenvalue weighted by atomic mass is 10.2. The zero-order chi connectivity index (χ0) is 14.8. The van der Waals surface area contributed by atoms with Gasteiger partial charge in [0, 0.05) is 12.3 Å². The molecule has 0 unspecified atom stereocenters. The van der Waals surface area contributed by atoms with E-state index in [9.17, 15) is 8.42 Å². The topological polar surface area (TPSA) is 69.2 Å². The van der Waals surface area contributed by atoms with Crippen molar-refractivity contribution in [3.05, 3.63) is 23.9 Å². The Bertz CT molecular complexity index is 727. The minimum atomic E-state index is -3.39. The fourth-order valence-electron chi connectivity index (χ4n) is 1.99. The number of methoxy groups -OCH3 is 1. The Labute approximate surface area is 118 Å². The van der Waals surface area contributed by atoms with Crippen molar-refractivity contribution < 1.29 is 13.2 Å². The fourth-order valence-corrected chi connectivity index (χ4v) is 2.83. The van der Waals surface area contributed by atoms with Crippen molar-refractivity contribution in [3.63, 3.8) is 0 Å². The summed E-state index contributed by atoms with van der Waals surface area (Å²) in [6, 6.07) is 5.28. The quantitative estimate of drug-likeness (QED) is 0.847. The Morgan fingerprint density at radius 3 is 2.55 bits per heavy atom. The molecule has 0 N–H and O–H groups in total. The summed E-state index contributed by atoms with van der Waals surface area (Å²) in [7, 11) is -1.83. The van der Waals surface area contributed by atoms with Crippen molar-refractivity contribution in [2.24, 2.45) is 0 Å². The van der Waals surface area contributed by atoms with Crippen LogP contribution in [0.3, 0.4) is 0 Å². The molecule has 0 radical (unpaired) electrons. The Balaban J connectivity index is 2.64. The fraction of sp³-hybridized carbons (Fsp3) is 0.429. The summed E-state index contributed by atoms with van der Waals surface area (Å²) in [4.78, 5) is 8.73.